The monoisotopic (exact) mass is 346 g/mol. The van der Waals surface area contributed by atoms with Crippen LogP contribution in [0.25, 0.3) is 0 Å². The lowest BCUT2D eigenvalue weighted by Crippen LogP contribution is -2.54. The van der Waals surface area contributed by atoms with E-state index in [4.69, 9.17) is 18.9 Å². The summed E-state index contributed by atoms with van der Waals surface area (Å²) < 4.78 is 37.0. The summed E-state index contributed by atoms with van der Waals surface area (Å²) in [6.45, 7) is 0.587. The zero-order valence-electron chi connectivity index (χ0n) is 14.2. The van der Waals surface area contributed by atoms with E-state index in [9.17, 15) is 4.39 Å². The minimum Gasteiger partial charge on any atom is -0.367 e. The van der Waals surface area contributed by atoms with E-state index in [1.807, 2.05) is 60.7 Å². The maximum Gasteiger partial charge on any atom is 0.186 e. The molecule has 1 aliphatic heterocycles. The third-order valence-electron chi connectivity index (χ3n) is 4.17. The van der Waals surface area contributed by atoms with Crippen LogP contribution in [0, 0.1) is 0 Å². The zero-order chi connectivity index (χ0) is 17.5. The average Bonchev–Trinajstić information content (AvgIpc) is 2.67. The van der Waals surface area contributed by atoms with Gasteiger partial charge in [0.25, 0.3) is 0 Å². The van der Waals surface area contributed by atoms with E-state index in [-0.39, 0.29) is 6.61 Å². The van der Waals surface area contributed by atoms with Gasteiger partial charge in [-0.1, -0.05) is 60.7 Å². The minimum absolute atomic E-state index is 0.0663. The molecule has 1 fully saturated rings. The summed E-state index contributed by atoms with van der Waals surface area (Å²) in [7, 11) is 1.52. The molecule has 2 aromatic rings. The highest BCUT2D eigenvalue weighted by molar-refractivity contribution is 5.14. The van der Waals surface area contributed by atoms with Crippen LogP contribution >= 0.6 is 0 Å². The molecule has 0 spiro atoms. The van der Waals surface area contributed by atoms with Crippen molar-refractivity contribution in [3.05, 3.63) is 71.8 Å². The van der Waals surface area contributed by atoms with Crippen LogP contribution in [-0.4, -0.2) is 38.4 Å². The number of hydrogen-bond donors (Lipinski definition) is 0. The Bertz CT molecular complexity index is 622. The number of rotatable bonds is 7. The fraction of sp³-hybridized carbons (Fsp3) is 0.400. The third-order valence-corrected chi connectivity index (χ3v) is 4.17. The molecule has 0 saturated carbocycles. The lowest BCUT2D eigenvalue weighted by Gasteiger charge is -2.38. The predicted molar refractivity (Wildman–Crippen MR) is 91.7 cm³/mol. The molecule has 0 radical (unpaired) electrons. The standard InChI is InChI=1S/C20H23FO4/c1-22-20-19(24-13-16-10-6-3-7-11-16)18(17(21)14-25-20)23-12-15-8-4-2-5-9-15/h2-11,17-20H,12-14H2,1H3/t17-,18-,19-,20+/m0/s1. The molecule has 134 valence electrons. The molecule has 0 aromatic heterocycles. The number of halogens is 1. The highest BCUT2D eigenvalue weighted by Gasteiger charge is 2.43. The van der Waals surface area contributed by atoms with Crippen molar-refractivity contribution in [2.75, 3.05) is 13.7 Å². The number of methoxy groups -OCH3 is 1. The van der Waals surface area contributed by atoms with E-state index in [0.29, 0.717) is 13.2 Å². The van der Waals surface area contributed by atoms with Crippen LogP contribution in [0.1, 0.15) is 11.1 Å². The second kappa shape index (κ2) is 9.06. The van der Waals surface area contributed by atoms with Gasteiger partial charge in [0.15, 0.2) is 12.5 Å². The van der Waals surface area contributed by atoms with Gasteiger partial charge in [-0.2, -0.15) is 0 Å². The summed E-state index contributed by atoms with van der Waals surface area (Å²) in [6.07, 6.45) is -3.31. The van der Waals surface area contributed by atoms with Crippen molar-refractivity contribution in [3.8, 4) is 0 Å². The molecule has 0 N–H and O–H groups in total. The lowest BCUT2D eigenvalue weighted by molar-refractivity contribution is -0.276. The summed E-state index contributed by atoms with van der Waals surface area (Å²) in [6, 6.07) is 19.4. The Morgan fingerprint density at radius 3 is 1.92 bits per heavy atom. The van der Waals surface area contributed by atoms with Crippen LogP contribution < -0.4 is 0 Å². The Balaban J connectivity index is 1.67. The van der Waals surface area contributed by atoms with Crippen LogP contribution in [0.4, 0.5) is 4.39 Å². The Morgan fingerprint density at radius 2 is 1.40 bits per heavy atom. The van der Waals surface area contributed by atoms with Crippen LogP contribution in [-0.2, 0) is 32.2 Å². The Hall–Kier alpha value is -1.79. The number of ether oxygens (including phenoxy) is 4. The van der Waals surface area contributed by atoms with E-state index in [2.05, 4.69) is 0 Å². The van der Waals surface area contributed by atoms with Crippen molar-refractivity contribution in [1.82, 2.24) is 0 Å². The van der Waals surface area contributed by atoms with E-state index >= 15 is 0 Å². The van der Waals surface area contributed by atoms with Crippen molar-refractivity contribution in [2.24, 2.45) is 0 Å². The van der Waals surface area contributed by atoms with Gasteiger partial charge in [0.05, 0.1) is 19.8 Å². The predicted octanol–water partition coefficient (Wildman–Crippen LogP) is 3.50. The smallest absolute Gasteiger partial charge is 0.186 e. The maximum atomic E-state index is 14.5. The zero-order valence-corrected chi connectivity index (χ0v) is 14.2. The molecule has 5 heteroatoms. The molecule has 2 aromatic carbocycles. The van der Waals surface area contributed by atoms with Crippen LogP contribution in [0.15, 0.2) is 60.7 Å². The van der Waals surface area contributed by atoms with Crippen LogP contribution in [0.2, 0.25) is 0 Å². The SMILES string of the molecule is CO[C@@H]1OC[C@H](F)[C@H](OCc2ccccc2)[C@@H]1OCc1ccccc1. The lowest BCUT2D eigenvalue weighted by atomic mass is 10.1. The first-order valence-electron chi connectivity index (χ1n) is 8.37. The molecule has 3 rings (SSSR count). The molecule has 1 aliphatic rings. The molecule has 1 saturated heterocycles. The van der Waals surface area contributed by atoms with Crippen molar-refractivity contribution in [2.45, 2.75) is 37.9 Å². The summed E-state index contributed by atoms with van der Waals surface area (Å²) in [4.78, 5) is 0. The first-order valence-corrected chi connectivity index (χ1v) is 8.37. The van der Waals surface area contributed by atoms with Crippen LogP contribution in [0.5, 0.6) is 0 Å². The molecule has 25 heavy (non-hydrogen) atoms. The van der Waals surface area contributed by atoms with E-state index in [1.165, 1.54) is 7.11 Å². The van der Waals surface area contributed by atoms with Crippen molar-refractivity contribution in [1.29, 1.82) is 0 Å². The van der Waals surface area contributed by atoms with Crippen molar-refractivity contribution < 1.29 is 23.3 Å². The van der Waals surface area contributed by atoms with Gasteiger partial charge in [0, 0.05) is 7.11 Å². The first kappa shape index (κ1) is 18.0. The van der Waals surface area contributed by atoms with Gasteiger partial charge in [-0.25, -0.2) is 4.39 Å². The number of alkyl halides is 1. The van der Waals surface area contributed by atoms with E-state index < -0.39 is 24.7 Å². The quantitative estimate of drug-likeness (QED) is 0.769. The third kappa shape index (κ3) is 4.86. The summed E-state index contributed by atoms with van der Waals surface area (Å²) in [5, 5.41) is 0. The molecule has 4 nitrogen and oxygen atoms in total. The van der Waals surface area contributed by atoms with Crippen molar-refractivity contribution >= 4 is 0 Å². The normalized spacial score (nSPS) is 26.5. The van der Waals surface area contributed by atoms with Gasteiger partial charge in [-0.05, 0) is 11.1 Å². The average molecular weight is 346 g/mol. The second-order valence-corrected chi connectivity index (χ2v) is 5.98. The fourth-order valence-electron chi connectivity index (χ4n) is 2.85. The number of benzene rings is 2. The van der Waals surface area contributed by atoms with E-state index in [0.717, 1.165) is 11.1 Å². The van der Waals surface area contributed by atoms with Crippen molar-refractivity contribution in [3.63, 3.8) is 0 Å². The summed E-state index contributed by atoms with van der Waals surface area (Å²) >= 11 is 0. The maximum absolute atomic E-state index is 14.5. The van der Waals surface area contributed by atoms with Gasteiger partial charge >= 0.3 is 0 Å². The van der Waals surface area contributed by atoms with Crippen LogP contribution in [0.3, 0.4) is 0 Å². The highest BCUT2D eigenvalue weighted by Crippen LogP contribution is 2.26. The van der Waals surface area contributed by atoms with Gasteiger partial charge in [0.1, 0.15) is 12.2 Å². The highest BCUT2D eigenvalue weighted by atomic mass is 19.1. The topological polar surface area (TPSA) is 36.9 Å². The Morgan fingerprint density at radius 1 is 0.880 bits per heavy atom. The van der Waals surface area contributed by atoms with Gasteiger partial charge < -0.3 is 18.9 Å². The largest absolute Gasteiger partial charge is 0.367 e. The second-order valence-electron chi connectivity index (χ2n) is 5.98. The summed E-state index contributed by atoms with van der Waals surface area (Å²) in [5.41, 5.74) is 1.98. The Labute approximate surface area is 147 Å². The molecular formula is C20H23FO4. The van der Waals surface area contributed by atoms with E-state index in [1.54, 1.807) is 0 Å². The Kier molecular flexibility index (Phi) is 6.53. The molecule has 0 aliphatic carbocycles. The molecule has 0 amide bonds. The molecule has 0 unspecified atom stereocenters. The molecular weight excluding hydrogens is 323 g/mol. The first-order chi connectivity index (χ1) is 12.3. The minimum atomic E-state index is -1.27. The molecule has 4 atom stereocenters. The molecule has 0 bridgehead atoms. The fourth-order valence-corrected chi connectivity index (χ4v) is 2.85. The van der Waals surface area contributed by atoms with Gasteiger partial charge in [0.2, 0.25) is 0 Å². The van der Waals surface area contributed by atoms with Gasteiger partial charge in [-0.15, -0.1) is 0 Å². The molecule has 1 heterocycles. The summed E-state index contributed by atoms with van der Waals surface area (Å²) in [5.74, 6) is 0. The number of hydrogen-bond acceptors (Lipinski definition) is 4. The van der Waals surface area contributed by atoms with Gasteiger partial charge in [-0.3, -0.25) is 0 Å².